The zero-order chi connectivity index (χ0) is 21.1. The number of carbonyl (C=O) groups is 1. The summed E-state index contributed by atoms with van der Waals surface area (Å²) in [6.45, 7) is 3.03. The molecule has 3 aromatic rings. The highest BCUT2D eigenvalue weighted by Crippen LogP contribution is 2.39. The lowest BCUT2D eigenvalue weighted by Gasteiger charge is -2.36. The van der Waals surface area contributed by atoms with Gasteiger partial charge in [0.2, 0.25) is 0 Å². The maximum Gasteiger partial charge on any atom is 0.273 e. The quantitative estimate of drug-likeness (QED) is 0.606. The Kier molecular flexibility index (Phi) is 6.01. The molecule has 0 N–H and O–H groups in total. The first-order valence-electron chi connectivity index (χ1n) is 9.77. The molecule has 7 heteroatoms. The van der Waals surface area contributed by atoms with Crippen LogP contribution in [0.2, 0.25) is 0 Å². The molecule has 0 radical (unpaired) electrons. The molecule has 0 bridgehead atoms. The van der Waals surface area contributed by atoms with Gasteiger partial charge in [-0.05, 0) is 24.6 Å². The van der Waals surface area contributed by atoms with Crippen molar-refractivity contribution in [2.24, 2.45) is 0 Å². The van der Waals surface area contributed by atoms with Gasteiger partial charge in [-0.1, -0.05) is 36.4 Å². The molecule has 0 spiro atoms. The van der Waals surface area contributed by atoms with Crippen LogP contribution in [0.5, 0.6) is 11.5 Å². The molecule has 0 saturated carbocycles. The SMILES string of the molecule is COc1cccc(-c2nc(C(=O)N3CC(C)OC(c4ccccc4)C3)cs2)c1OC. The minimum atomic E-state index is -0.143. The first kappa shape index (κ1) is 20.4. The standard InChI is InChI=1S/C23H24N2O4S/c1-15-12-25(13-20(29-15)16-8-5-4-6-9-16)23(26)18-14-30-22(24-18)17-10-7-11-19(27-2)21(17)28-3/h4-11,14-15,20H,12-13H2,1-3H3. The van der Waals surface area contributed by atoms with Gasteiger partial charge in [0.25, 0.3) is 5.91 Å². The highest BCUT2D eigenvalue weighted by atomic mass is 32.1. The minimum Gasteiger partial charge on any atom is -0.493 e. The monoisotopic (exact) mass is 424 g/mol. The molecule has 2 heterocycles. The Bertz CT molecular complexity index is 1020. The van der Waals surface area contributed by atoms with Crippen molar-refractivity contribution in [1.29, 1.82) is 0 Å². The van der Waals surface area contributed by atoms with Gasteiger partial charge in [-0.2, -0.15) is 0 Å². The molecule has 6 nitrogen and oxygen atoms in total. The summed E-state index contributed by atoms with van der Waals surface area (Å²) in [6, 6.07) is 15.6. The summed E-state index contributed by atoms with van der Waals surface area (Å²) in [5.74, 6) is 1.15. The van der Waals surface area contributed by atoms with E-state index >= 15 is 0 Å². The van der Waals surface area contributed by atoms with E-state index in [4.69, 9.17) is 14.2 Å². The van der Waals surface area contributed by atoms with Crippen LogP contribution in [-0.2, 0) is 4.74 Å². The predicted octanol–water partition coefficient (Wildman–Crippen LogP) is 4.43. The van der Waals surface area contributed by atoms with Gasteiger partial charge in [0.15, 0.2) is 11.5 Å². The van der Waals surface area contributed by atoms with E-state index in [2.05, 4.69) is 4.98 Å². The second-order valence-corrected chi connectivity index (χ2v) is 7.99. The Morgan fingerprint density at radius 3 is 2.63 bits per heavy atom. The molecule has 1 aromatic heterocycles. The number of aromatic nitrogens is 1. The van der Waals surface area contributed by atoms with Crippen LogP contribution in [0.1, 0.15) is 29.1 Å². The minimum absolute atomic E-state index is 0.0514. The number of para-hydroxylation sites is 1. The van der Waals surface area contributed by atoms with E-state index in [0.29, 0.717) is 30.3 Å². The van der Waals surface area contributed by atoms with E-state index in [0.717, 1.165) is 16.1 Å². The molecule has 2 aromatic carbocycles. The van der Waals surface area contributed by atoms with E-state index in [1.54, 1.807) is 19.6 Å². The lowest BCUT2D eigenvalue weighted by atomic mass is 10.1. The van der Waals surface area contributed by atoms with Crippen LogP contribution in [0.3, 0.4) is 0 Å². The highest BCUT2D eigenvalue weighted by molar-refractivity contribution is 7.13. The number of methoxy groups -OCH3 is 2. The van der Waals surface area contributed by atoms with Crippen molar-refractivity contribution in [1.82, 2.24) is 9.88 Å². The second-order valence-electron chi connectivity index (χ2n) is 7.14. The van der Waals surface area contributed by atoms with Crippen LogP contribution in [-0.4, -0.2) is 49.2 Å². The summed E-state index contributed by atoms with van der Waals surface area (Å²) in [7, 11) is 3.20. The van der Waals surface area contributed by atoms with E-state index in [-0.39, 0.29) is 18.1 Å². The van der Waals surface area contributed by atoms with E-state index in [1.165, 1.54) is 11.3 Å². The summed E-state index contributed by atoms with van der Waals surface area (Å²) >= 11 is 1.42. The van der Waals surface area contributed by atoms with Crippen LogP contribution in [0.15, 0.2) is 53.9 Å². The van der Waals surface area contributed by atoms with Gasteiger partial charge in [-0.15, -0.1) is 11.3 Å². The smallest absolute Gasteiger partial charge is 0.273 e. The average Bonchev–Trinajstić information content (AvgIpc) is 3.28. The molecule has 156 valence electrons. The maximum atomic E-state index is 13.2. The molecule has 1 amide bonds. The summed E-state index contributed by atoms with van der Waals surface area (Å²) in [6.07, 6.45) is -0.194. The van der Waals surface area contributed by atoms with Gasteiger partial charge in [0, 0.05) is 11.9 Å². The number of carbonyl (C=O) groups excluding carboxylic acids is 1. The number of hydrogen-bond donors (Lipinski definition) is 0. The fourth-order valence-corrected chi connectivity index (χ4v) is 4.50. The largest absolute Gasteiger partial charge is 0.493 e. The molecule has 1 aliphatic rings. The van der Waals surface area contributed by atoms with Crippen LogP contribution in [0.25, 0.3) is 10.6 Å². The fraction of sp³-hybridized carbons (Fsp3) is 0.304. The van der Waals surface area contributed by atoms with Crippen molar-refractivity contribution in [3.63, 3.8) is 0 Å². The lowest BCUT2D eigenvalue weighted by molar-refractivity contribution is -0.0692. The summed E-state index contributed by atoms with van der Waals surface area (Å²) in [5, 5.41) is 2.52. The summed E-state index contributed by atoms with van der Waals surface area (Å²) in [4.78, 5) is 19.6. The van der Waals surface area contributed by atoms with Gasteiger partial charge in [0.1, 0.15) is 16.8 Å². The summed E-state index contributed by atoms with van der Waals surface area (Å²) in [5.41, 5.74) is 2.31. The Morgan fingerprint density at radius 2 is 1.90 bits per heavy atom. The number of thiazole rings is 1. The first-order valence-corrected chi connectivity index (χ1v) is 10.6. The van der Waals surface area contributed by atoms with Gasteiger partial charge in [-0.25, -0.2) is 4.98 Å². The Labute approximate surface area is 180 Å². The number of benzene rings is 2. The van der Waals surface area contributed by atoms with Crippen molar-refractivity contribution >= 4 is 17.2 Å². The molecule has 4 rings (SSSR count). The Morgan fingerprint density at radius 1 is 1.10 bits per heavy atom. The summed E-state index contributed by atoms with van der Waals surface area (Å²) < 4.78 is 17.0. The molecule has 0 aliphatic carbocycles. The second kappa shape index (κ2) is 8.85. The lowest BCUT2D eigenvalue weighted by Crippen LogP contribution is -2.46. The molecule has 1 saturated heterocycles. The zero-order valence-corrected chi connectivity index (χ0v) is 18.0. The highest BCUT2D eigenvalue weighted by Gasteiger charge is 2.31. The van der Waals surface area contributed by atoms with Crippen molar-refractivity contribution in [3.05, 3.63) is 65.2 Å². The predicted molar refractivity (Wildman–Crippen MR) is 116 cm³/mol. The van der Waals surface area contributed by atoms with Crippen molar-refractivity contribution in [2.45, 2.75) is 19.1 Å². The molecule has 1 fully saturated rings. The zero-order valence-electron chi connectivity index (χ0n) is 17.2. The van der Waals surface area contributed by atoms with Crippen molar-refractivity contribution < 1.29 is 19.0 Å². The van der Waals surface area contributed by atoms with Crippen LogP contribution < -0.4 is 9.47 Å². The third kappa shape index (κ3) is 4.04. The van der Waals surface area contributed by atoms with Crippen LogP contribution in [0.4, 0.5) is 0 Å². The molecular weight excluding hydrogens is 400 g/mol. The number of amides is 1. The van der Waals surface area contributed by atoms with Gasteiger partial charge in [0.05, 0.1) is 32.4 Å². The molecule has 1 aliphatic heterocycles. The number of morpholine rings is 1. The maximum absolute atomic E-state index is 13.2. The van der Waals surface area contributed by atoms with Crippen LogP contribution in [0, 0.1) is 0 Å². The molecule has 2 atom stereocenters. The number of hydrogen-bond acceptors (Lipinski definition) is 6. The first-order chi connectivity index (χ1) is 14.6. The number of nitrogens with zero attached hydrogens (tertiary/aromatic N) is 2. The third-order valence-corrected chi connectivity index (χ3v) is 5.95. The van der Waals surface area contributed by atoms with Gasteiger partial charge >= 0.3 is 0 Å². The van der Waals surface area contributed by atoms with E-state index in [1.807, 2.05) is 60.4 Å². The van der Waals surface area contributed by atoms with Crippen LogP contribution >= 0.6 is 11.3 Å². The van der Waals surface area contributed by atoms with Crippen molar-refractivity contribution in [3.8, 4) is 22.1 Å². The Balaban J connectivity index is 1.57. The number of rotatable bonds is 5. The molecule has 2 unspecified atom stereocenters. The van der Waals surface area contributed by atoms with E-state index < -0.39 is 0 Å². The van der Waals surface area contributed by atoms with Gasteiger partial charge in [-0.3, -0.25) is 4.79 Å². The van der Waals surface area contributed by atoms with Crippen molar-refractivity contribution in [2.75, 3.05) is 27.3 Å². The third-order valence-electron chi connectivity index (χ3n) is 5.08. The van der Waals surface area contributed by atoms with E-state index in [9.17, 15) is 4.79 Å². The molecule has 30 heavy (non-hydrogen) atoms. The topological polar surface area (TPSA) is 60.9 Å². The van der Waals surface area contributed by atoms with Gasteiger partial charge < -0.3 is 19.1 Å². The Hall–Kier alpha value is -2.90. The normalized spacial score (nSPS) is 18.8. The average molecular weight is 425 g/mol. The fourth-order valence-electron chi connectivity index (χ4n) is 3.68. The number of ether oxygens (including phenoxy) is 3. The molecular formula is C23H24N2O4S.